The Kier molecular flexibility index (Phi) is 3.36. The summed E-state index contributed by atoms with van der Waals surface area (Å²) in [5.41, 5.74) is 0.556. The van der Waals surface area contributed by atoms with E-state index >= 15 is 0 Å². The van der Waals surface area contributed by atoms with Crippen molar-refractivity contribution in [2.45, 2.75) is 12.6 Å². The summed E-state index contributed by atoms with van der Waals surface area (Å²) in [5.74, 6) is -0.346. The van der Waals surface area contributed by atoms with Gasteiger partial charge in [-0.05, 0) is 33.6 Å². The molecule has 0 fully saturated rings. The van der Waals surface area contributed by atoms with Gasteiger partial charge in [0, 0.05) is 12.4 Å². The van der Waals surface area contributed by atoms with Crippen LogP contribution in [0.3, 0.4) is 0 Å². The van der Waals surface area contributed by atoms with Crippen molar-refractivity contribution in [3.63, 3.8) is 0 Å². The van der Waals surface area contributed by atoms with Gasteiger partial charge in [0.05, 0.1) is 12.6 Å². The molecule has 2 aromatic rings. The minimum atomic E-state index is -0.749. The molecular weight excluding hydrogens is 275 g/mol. The molecule has 0 aliphatic rings. The lowest BCUT2D eigenvalue weighted by atomic mass is 10.1. The van der Waals surface area contributed by atoms with E-state index in [0.717, 1.165) is 0 Å². The smallest absolute Gasteiger partial charge is 0.177 e. The average molecular weight is 285 g/mol. The van der Waals surface area contributed by atoms with Crippen LogP contribution in [0.15, 0.2) is 41.4 Å². The number of halogens is 2. The Labute approximate surface area is 101 Å². The van der Waals surface area contributed by atoms with Gasteiger partial charge < -0.3 is 9.67 Å². The molecule has 0 bridgehead atoms. The molecule has 0 amide bonds. The number of imidazole rings is 1. The molecule has 1 unspecified atom stereocenters. The maximum atomic E-state index is 12.9. The van der Waals surface area contributed by atoms with Crippen molar-refractivity contribution in [1.29, 1.82) is 0 Å². The van der Waals surface area contributed by atoms with E-state index < -0.39 is 6.10 Å². The first kappa shape index (κ1) is 11.3. The summed E-state index contributed by atoms with van der Waals surface area (Å²) in [7, 11) is 0. The third kappa shape index (κ3) is 2.48. The normalized spacial score (nSPS) is 12.7. The van der Waals surface area contributed by atoms with Crippen molar-refractivity contribution >= 4 is 15.9 Å². The standard InChI is InChI=1S/C11H10BrFN2O/c12-11-14-4-5-15(11)7-10(16)8-2-1-3-9(13)6-8/h1-6,10,16H,7H2. The van der Waals surface area contributed by atoms with Crippen LogP contribution in [0.2, 0.25) is 0 Å². The van der Waals surface area contributed by atoms with Crippen LogP contribution in [-0.4, -0.2) is 14.7 Å². The first-order valence-corrected chi connectivity index (χ1v) is 5.56. The molecule has 0 saturated carbocycles. The van der Waals surface area contributed by atoms with Crippen LogP contribution in [-0.2, 0) is 6.54 Å². The van der Waals surface area contributed by atoms with E-state index in [2.05, 4.69) is 20.9 Å². The van der Waals surface area contributed by atoms with Crippen LogP contribution in [0.5, 0.6) is 0 Å². The number of nitrogens with zero attached hydrogens (tertiary/aromatic N) is 2. The molecule has 0 radical (unpaired) electrons. The van der Waals surface area contributed by atoms with Gasteiger partial charge in [-0.1, -0.05) is 12.1 Å². The number of aliphatic hydroxyl groups excluding tert-OH is 1. The van der Waals surface area contributed by atoms with E-state index in [1.54, 1.807) is 29.1 Å². The number of aromatic nitrogens is 2. The van der Waals surface area contributed by atoms with Crippen LogP contribution in [0, 0.1) is 5.82 Å². The molecule has 1 atom stereocenters. The second-order valence-corrected chi connectivity index (χ2v) is 4.13. The summed E-state index contributed by atoms with van der Waals surface area (Å²) in [4.78, 5) is 3.98. The summed E-state index contributed by atoms with van der Waals surface area (Å²) in [6.07, 6.45) is 2.62. The van der Waals surface area contributed by atoms with Crippen molar-refractivity contribution in [2.75, 3.05) is 0 Å². The van der Waals surface area contributed by atoms with Gasteiger partial charge in [0.1, 0.15) is 5.82 Å². The fourth-order valence-electron chi connectivity index (χ4n) is 1.45. The molecule has 1 heterocycles. The molecule has 84 valence electrons. The highest BCUT2D eigenvalue weighted by Crippen LogP contribution is 2.18. The molecule has 3 nitrogen and oxygen atoms in total. The Morgan fingerprint density at radius 3 is 2.94 bits per heavy atom. The third-order valence-electron chi connectivity index (χ3n) is 2.27. The predicted molar refractivity (Wildman–Crippen MR) is 61.3 cm³/mol. The summed E-state index contributed by atoms with van der Waals surface area (Å²) in [6, 6.07) is 5.95. The zero-order valence-corrected chi connectivity index (χ0v) is 9.93. The maximum Gasteiger partial charge on any atom is 0.177 e. The Morgan fingerprint density at radius 1 is 1.50 bits per heavy atom. The average Bonchev–Trinajstić information content (AvgIpc) is 2.64. The number of hydrogen-bond donors (Lipinski definition) is 1. The highest BCUT2D eigenvalue weighted by Gasteiger charge is 2.10. The van der Waals surface area contributed by atoms with Crippen LogP contribution in [0.1, 0.15) is 11.7 Å². The topological polar surface area (TPSA) is 38.0 Å². The van der Waals surface area contributed by atoms with E-state index in [4.69, 9.17) is 0 Å². The lowest BCUT2D eigenvalue weighted by Gasteiger charge is -2.12. The Morgan fingerprint density at radius 2 is 2.31 bits per heavy atom. The van der Waals surface area contributed by atoms with Gasteiger partial charge in [0.25, 0.3) is 0 Å². The summed E-state index contributed by atoms with van der Waals surface area (Å²) >= 11 is 3.25. The van der Waals surface area contributed by atoms with Crippen molar-refractivity contribution in [1.82, 2.24) is 9.55 Å². The third-order valence-corrected chi connectivity index (χ3v) is 2.93. The fraction of sp³-hybridized carbons (Fsp3) is 0.182. The molecule has 5 heteroatoms. The van der Waals surface area contributed by atoms with Crippen molar-refractivity contribution < 1.29 is 9.50 Å². The maximum absolute atomic E-state index is 12.9. The van der Waals surface area contributed by atoms with Gasteiger partial charge >= 0.3 is 0 Å². The van der Waals surface area contributed by atoms with Crippen LogP contribution in [0.4, 0.5) is 4.39 Å². The Bertz CT molecular complexity index is 486. The van der Waals surface area contributed by atoms with Gasteiger partial charge in [-0.2, -0.15) is 0 Å². The molecule has 0 saturated heterocycles. The SMILES string of the molecule is OC(Cn1ccnc1Br)c1cccc(F)c1. The molecule has 0 spiro atoms. The minimum absolute atomic E-state index is 0.337. The summed E-state index contributed by atoms with van der Waals surface area (Å²) < 4.78 is 15.3. The summed E-state index contributed by atoms with van der Waals surface area (Å²) in [6.45, 7) is 0.337. The fourth-order valence-corrected chi connectivity index (χ4v) is 1.83. The number of aliphatic hydroxyl groups is 1. The van der Waals surface area contributed by atoms with E-state index in [9.17, 15) is 9.50 Å². The first-order chi connectivity index (χ1) is 7.66. The molecule has 1 aromatic carbocycles. The molecule has 1 N–H and O–H groups in total. The molecule has 2 rings (SSSR count). The molecule has 0 aliphatic carbocycles. The van der Waals surface area contributed by atoms with E-state index in [1.165, 1.54) is 12.1 Å². The van der Waals surface area contributed by atoms with Crippen molar-refractivity contribution in [2.24, 2.45) is 0 Å². The second kappa shape index (κ2) is 4.76. The zero-order valence-electron chi connectivity index (χ0n) is 8.35. The van der Waals surface area contributed by atoms with Crippen molar-refractivity contribution in [3.8, 4) is 0 Å². The largest absolute Gasteiger partial charge is 0.387 e. The zero-order chi connectivity index (χ0) is 11.5. The highest BCUT2D eigenvalue weighted by molar-refractivity contribution is 9.10. The number of rotatable bonds is 3. The summed E-state index contributed by atoms with van der Waals surface area (Å²) in [5, 5.41) is 9.91. The predicted octanol–water partition coefficient (Wildman–Crippen LogP) is 2.52. The van der Waals surface area contributed by atoms with E-state index in [0.29, 0.717) is 16.8 Å². The number of benzene rings is 1. The minimum Gasteiger partial charge on any atom is -0.387 e. The quantitative estimate of drug-likeness (QED) is 0.941. The van der Waals surface area contributed by atoms with Crippen LogP contribution < -0.4 is 0 Å². The second-order valence-electron chi connectivity index (χ2n) is 3.42. The molecule has 1 aromatic heterocycles. The van der Waals surface area contributed by atoms with Crippen molar-refractivity contribution in [3.05, 3.63) is 52.8 Å². The monoisotopic (exact) mass is 284 g/mol. The molecule has 16 heavy (non-hydrogen) atoms. The van der Waals surface area contributed by atoms with Crippen LogP contribution >= 0.6 is 15.9 Å². The van der Waals surface area contributed by atoms with Gasteiger partial charge in [0.2, 0.25) is 0 Å². The van der Waals surface area contributed by atoms with Gasteiger partial charge in [-0.25, -0.2) is 9.37 Å². The Hall–Kier alpha value is -1.20. The molecular formula is C11H10BrFN2O. The number of hydrogen-bond acceptors (Lipinski definition) is 2. The first-order valence-electron chi connectivity index (χ1n) is 4.77. The van der Waals surface area contributed by atoms with Crippen LogP contribution in [0.25, 0.3) is 0 Å². The lowest BCUT2D eigenvalue weighted by molar-refractivity contribution is 0.155. The van der Waals surface area contributed by atoms with Gasteiger partial charge in [0.15, 0.2) is 4.73 Å². The Balaban J connectivity index is 2.14. The van der Waals surface area contributed by atoms with Gasteiger partial charge in [-0.15, -0.1) is 0 Å². The lowest BCUT2D eigenvalue weighted by Crippen LogP contribution is -2.08. The van der Waals surface area contributed by atoms with Gasteiger partial charge in [-0.3, -0.25) is 0 Å². The van der Waals surface area contributed by atoms with E-state index in [-0.39, 0.29) is 5.82 Å². The van der Waals surface area contributed by atoms with E-state index in [1.807, 2.05) is 0 Å². The highest BCUT2D eigenvalue weighted by atomic mass is 79.9. The molecule has 0 aliphatic heterocycles.